The third-order valence-corrected chi connectivity index (χ3v) is 3.79. The van der Waals surface area contributed by atoms with Gasteiger partial charge in [-0.25, -0.2) is 0 Å². The van der Waals surface area contributed by atoms with Crippen LogP contribution >= 0.6 is 0 Å². The minimum atomic E-state index is -0.546. The van der Waals surface area contributed by atoms with Crippen molar-refractivity contribution in [3.63, 3.8) is 0 Å². The molecule has 0 fully saturated rings. The van der Waals surface area contributed by atoms with E-state index >= 15 is 0 Å². The van der Waals surface area contributed by atoms with Gasteiger partial charge in [-0.05, 0) is 47.1 Å². The fourth-order valence-electron chi connectivity index (χ4n) is 1.73. The molecule has 4 nitrogen and oxygen atoms in total. The minimum absolute atomic E-state index is 0. The molecule has 0 N–H and O–H groups in total. The highest BCUT2D eigenvalue weighted by Gasteiger charge is 2.26. The van der Waals surface area contributed by atoms with Gasteiger partial charge in [0.05, 0.1) is 0 Å². The summed E-state index contributed by atoms with van der Waals surface area (Å²) in [5.41, 5.74) is 2.02. The number of hydrogen-bond acceptors (Lipinski definition) is 4. The highest BCUT2D eigenvalue weighted by atomic mass is 16.1. The highest BCUT2D eigenvalue weighted by molar-refractivity contribution is 5.98. The molecule has 0 unspecified atom stereocenters. The van der Waals surface area contributed by atoms with E-state index in [-0.39, 0.29) is 37.0 Å². The van der Waals surface area contributed by atoms with Gasteiger partial charge in [-0.1, -0.05) is 39.0 Å². The molecular formula is C21H36O4. The van der Waals surface area contributed by atoms with Crippen LogP contribution in [0.2, 0.25) is 0 Å². The van der Waals surface area contributed by atoms with Crippen molar-refractivity contribution in [2.75, 3.05) is 0 Å². The Morgan fingerprint density at radius 3 is 1.28 bits per heavy atom. The molecule has 0 aliphatic rings. The molecule has 0 saturated carbocycles. The Kier molecular flexibility index (Phi) is 14.0. The van der Waals surface area contributed by atoms with Crippen LogP contribution in [-0.4, -0.2) is 23.1 Å². The van der Waals surface area contributed by atoms with Crippen molar-refractivity contribution >= 4 is 23.1 Å². The average Bonchev–Trinajstić information content (AvgIpc) is 2.36. The molecule has 0 saturated heterocycles. The van der Waals surface area contributed by atoms with Gasteiger partial charge in [-0.3, -0.25) is 19.2 Å². The van der Waals surface area contributed by atoms with E-state index in [1.807, 2.05) is 13.8 Å². The average molecular weight is 353 g/mol. The Morgan fingerprint density at radius 1 is 0.760 bits per heavy atom. The largest absolute Gasteiger partial charge is 0.300 e. The summed E-state index contributed by atoms with van der Waals surface area (Å²) in [5, 5.41) is 0. The van der Waals surface area contributed by atoms with Gasteiger partial charge in [0.25, 0.3) is 0 Å². The smallest absolute Gasteiger partial charge is 0.158 e. The van der Waals surface area contributed by atoms with Gasteiger partial charge in [0.2, 0.25) is 0 Å². The van der Waals surface area contributed by atoms with Crippen LogP contribution in [0.15, 0.2) is 23.3 Å². The number of Topliss-reactive ketones (excluding diaryl/α,β-unsaturated/α-hetero) is 4. The van der Waals surface area contributed by atoms with E-state index in [2.05, 4.69) is 6.58 Å². The maximum absolute atomic E-state index is 11.2. The van der Waals surface area contributed by atoms with Crippen LogP contribution in [0.4, 0.5) is 0 Å². The molecule has 0 amide bonds. The SMILES string of the molecule is C.C=C(C)C(=O)CC(C)(C)C(C)=O.CC(=O)C/C(C)=C(/C)CC(C)=O. The molecule has 0 aliphatic heterocycles. The van der Waals surface area contributed by atoms with Crippen LogP contribution < -0.4 is 0 Å². The van der Waals surface area contributed by atoms with E-state index < -0.39 is 5.41 Å². The Balaban J connectivity index is -0.000000372. The lowest BCUT2D eigenvalue weighted by atomic mass is 9.82. The monoisotopic (exact) mass is 352 g/mol. The number of allylic oxidation sites excluding steroid dienone is 3. The summed E-state index contributed by atoms with van der Waals surface area (Å²) in [4.78, 5) is 43.7. The molecule has 0 spiro atoms. The molecule has 0 radical (unpaired) electrons. The Morgan fingerprint density at radius 2 is 1.08 bits per heavy atom. The van der Waals surface area contributed by atoms with Crippen molar-refractivity contribution in [2.24, 2.45) is 5.41 Å². The first-order chi connectivity index (χ1) is 10.7. The van der Waals surface area contributed by atoms with Gasteiger partial charge >= 0.3 is 0 Å². The van der Waals surface area contributed by atoms with Crippen LogP contribution in [0, 0.1) is 5.41 Å². The minimum Gasteiger partial charge on any atom is -0.300 e. The topological polar surface area (TPSA) is 68.3 Å². The Bertz CT molecular complexity index is 524. The summed E-state index contributed by atoms with van der Waals surface area (Å²) in [5.74, 6) is 0.304. The molecule has 0 atom stereocenters. The van der Waals surface area contributed by atoms with Gasteiger partial charge in [-0.15, -0.1) is 0 Å². The zero-order valence-corrected chi connectivity index (χ0v) is 16.5. The summed E-state index contributed by atoms with van der Waals surface area (Å²) >= 11 is 0. The molecule has 144 valence electrons. The number of carbonyl (C=O) groups excluding carboxylic acids is 4. The summed E-state index contributed by atoms with van der Waals surface area (Å²) in [7, 11) is 0. The van der Waals surface area contributed by atoms with Gasteiger partial charge in [-0.2, -0.15) is 0 Å². The summed E-state index contributed by atoms with van der Waals surface area (Å²) in [6.45, 7) is 17.2. The molecule has 4 heteroatoms. The van der Waals surface area contributed by atoms with E-state index in [0.29, 0.717) is 18.4 Å². The predicted octanol–water partition coefficient (Wildman–Crippen LogP) is 5.05. The molecule has 0 bridgehead atoms. The number of ketones is 4. The predicted molar refractivity (Wildman–Crippen MR) is 105 cm³/mol. The quantitative estimate of drug-likeness (QED) is 0.452. The molecule has 25 heavy (non-hydrogen) atoms. The summed E-state index contributed by atoms with van der Waals surface area (Å²) < 4.78 is 0. The van der Waals surface area contributed by atoms with E-state index in [1.54, 1.807) is 34.6 Å². The lowest BCUT2D eigenvalue weighted by molar-refractivity contribution is -0.129. The van der Waals surface area contributed by atoms with E-state index in [1.165, 1.54) is 6.92 Å². The maximum Gasteiger partial charge on any atom is 0.158 e. The lowest BCUT2D eigenvalue weighted by Crippen LogP contribution is -2.25. The number of carbonyl (C=O) groups is 4. The third-order valence-electron chi connectivity index (χ3n) is 3.79. The van der Waals surface area contributed by atoms with Crippen LogP contribution in [0.5, 0.6) is 0 Å². The second-order valence-corrected chi connectivity index (χ2v) is 7.14. The van der Waals surface area contributed by atoms with E-state index in [9.17, 15) is 19.2 Å². The second-order valence-electron chi connectivity index (χ2n) is 7.14. The maximum atomic E-state index is 11.2. The first kappa shape index (κ1) is 28.0. The number of hydrogen-bond donors (Lipinski definition) is 0. The Hall–Kier alpha value is -1.84. The van der Waals surface area contributed by atoms with Crippen LogP contribution in [0.1, 0.15) is 82.1 Å². The van der Waals surface area contributed by atoms with Gasteiger partial charge < -0.3 is 0 Å². The number of rotatable bonds is 8. The molecule has 0 aromatic rings. The highest BCUT2D eigenvalue weighted by Crippen LogP contribution is 2.23. The molecular weight excluding hydrogens is 316 g/mol. The van der Waals surface area contributed by atoms with Crippen molar-refractivity contribution in [3.05, 3.63) is 23.3 Å². The molecule has 0 heterocycles. The normalized spacial score (nSPS) is 11.2. The second kappa shape index (κ2) is 12.5. The first-order valence-electron chi connectivity index (χ1n) is 8.04. The van der Waals surface area contributed by atoms with Gasteiger partial charge in [0, 0.05) is 24.7 Å². The fraction of sp³-hybridized carbons (Fsp3) is 0.619. The van der Waals surface area contributed by atoms with Crippen LogP contribution in [0.3, 0.4) is 0 Å². The summed E-state index contributed by atoms with van der Waals surface area (Å²) in [6.07, 6.45) is 1.20. The van der Waals surface area contributed by atoms with E-state index in [4.69, 9.17) is 0 Å². The van der Waals surface area contributed by atoms with Crippen LogP contribution in [-0.2, 0) is 19.2 Å². The zero-order valence-electron chi connectivity index (χ0n) is 16.5. The van der Waals surface area contributed by atoms with Gasteiger partial charge in [0.15, 0.2) is 5.78 Å². The summed E-state index contributed by atoms with van der Waals surface area (Å²) in [6, 6.07) is 0. The molecule has 0 aromatic carbocycles. The molecule has 0 aliphatic carbocycles. The van der Waals surface area contributed by atoms with Crippen molar-refractivity contribution in [1.82, 2.24) is 0 Å². The molecule has 0 aromatic heterocycles. The Labute approximate surface area is 153 Å². The van der Waals surface area contributed by atoms with E-state index in [0.717, 1.165) is 11.1 Å². The fourth-order valence-corrected chi connectivity index (χ4v) is 1.73. The third kappa shape index (κ3) is 14.2. The van der Waals surface area contributed by atoms with Crippen LogP contribution in [0.25, 0.3) is 0 Å². The van der Waals surface area contributed by atoms with Crippen molar-refractivity contribution in [1.29, 1.82) is 0 Å². The molecule has 0 rings (SSSR count). The van der Waals surface area contributed by atoms with Crippen molar-refractivity contribution < 1.29 is 19.2 Å². The zero-order chi connectivity index (χ0) is 19.7. The van der Waals surface area contributed by atoms with Crippen molar-refractivity contribution in [2.45, 2.75) is 82.1 Å². The standard InChI is InChI=1S/2C10H16O2.CH4/c1-7(5-9(3)11)8(2)6-10(4)12;1-7(2)9(12)6-10(4,5)8(3)11;/h5-6H2,1-4H3;1,6H2,2-5H3;1H4/b8-7-;;. The first-order valence-corrected chi connectivity index (χ1v) is 8.04. The van der Waals surface area contributed by atoms with Crippen molar-refractivity contribution in [3.8, 4) is 0 Å². The lowest BCUT2D eigenvalue weighted by Gasteiger charge is -2.19. The van der Waals surface area contributed by atoms with Gasteiger partial charge in [0.1, 0.15) is 17.3 Å².